The molecular formula is C16H20N2S. The van der Waals surface area contributed by atoms with Crippen molar-refractivity contribution in [1.82, 2.24) is 10.3 Å². The molecular weight excluding hydrogens is 252 g/mol. The van der Waals surface area contributed by atoms with Gasteiger partial charge in [-0.05, 0) is 36.4 Å². The van der Waals surface area contributed by atoms with Gasteiger partial charge in [0, 0.05) is 24.0 Å². The number of nitrogens with one attached hydrogen (secondary N) is 1. The van der Waals surface area contributed by atoms with E-state index in [-0.39, 0.29) is 0 Å². The Labute approximate surface area is 118 Å². The lowest BCUT2D eigenvalue weighted by atomic mass is 9.78. The molecule has 1 aromatic heterocycles. The third kappa shape index (κ3) is 2.72. The molecule has 0 radical (unpaired) electrons. The van der Waals surface area contributed by atoms with Crippen molar-refractivity contribution in [3.63, 3.8) is 0 Å². The highest BCUT2D eigenvalue weighted by molar-refractivity contribution is 7.09. The molecule has 3 rings (SSSR count). The number of benzene rings is 1. The summed E-state index contributed by atoms with van der Waals surface area (Å²) in [6.45, 7) is 3.21. The van der Waals surface area contributed by atoms with E-state index in [9.17, 15) is 0 Å². The van der Waals surface area contributed by atoms with E-state index in [0.29, 0.717) is 12.0 Å². The fourth-order valence-electron chi connectivity index (χ4n) is 3.12. The Balaban J connectivity index is 1.85. The Morgan fingerprint density at radius 2 is 2.26 bits per heavy atom. The zero-order valence-corrected chi connectivity index (χ0v) is 12.1. The maximum atomic E-state index is 4.45. The van der Waals surface area contributed by atoms with E-state index in [2.05, 4.69) is 46.9 Å². The number of fused-ring (bicyclic) bond motifs is 1. The van der Waals surface area contributed by atoms with Gasteiger partial charge in [0.1, 0.15) is 0 Å². The second-order valence-electron chi connectivity index (χ2n) is 5.16. The van der Waals surface area contributed by atoms with Gasteiger partial charge in [0.2, 0.25) is 0 Å². The number of thiazole rings is 1. The first kappa shape index (κ1) is 12.8. The van der Waals surface area contributed by atoms with Gasteiger partial charge in [-0.25, -0.2) is 4.98 Å². The van der Waals surface area contributed by atoms with Crippen LogP contribution in [0.5, 0.6) is 0 Å². The van der Waals surface area contributed by atoms with E-state index in [0.717, 1.165) is 13.0 Å². The van der Waals surface area contributed by atoms with Crippen molar-refractivity contribution in [1.29, 1.82) is 0 Å². The largest absolute Gasteiger partial charge is 0.310 e. The van der Waals surface area contributed by atoms with Crippen LogP contribution in [0.3, 0.4) is 0 Å². The van der Waals surface area contributed by atoms with Crippen LogP contribution in [0.25, 0.3) is 0 Å². The van der Waals surface area contributed by atoms with E-state index in [1.807, 2.05) is 6.20 Å². The van der Waals surface area contributed by atoms with Crippen LogP contribution < -0.4 is 5.32 Å². The molecule has 2 unspecified atom stereocenters. The Morgan fingerprint density at radius 3 is 3.05 bits per heavy atom. The monoisotopic (exact) mass is 272 g/mol. The third-order valence-corrected chi connectivity index (χ3v) is 4.79. The summed E-state index contributed by atoms with van der Waals surface area (Å²) >= 11 is 1.78. The Morgan fingerprint density at radius 1 is 1.37 bits per heavy atom. The van der Waals surface area contributed by atoms with Gasteiger partial charge >= 0.3 is 0 Å². The topological polar surface area (TPSA) is 24.9 Å². The maximum Gasteiger partial charge on any atom is 0.0928 e. The lowest BCUT2D eigenvalue weighted by Gasteiger charge is -2.34. The number of aryl methyl sites for hydroxylation is 1. The predicted molar refractivity (Wildman–Crippen MR) is 80.5 cm³/mol. The Hall–Kier alpha value is -1.19. The fourth-order valence-corrected chi connectivity index (χ4v) is 3.83. The molecule has 0 aliphatic heterocycles. The van der Waals surface area contributed by atoms with Crippen LogP contribution in [-0.2, 0) is 12.8 Å². The van der Waals surface area contributed by atoms with Crippen LogP contribution in [0.4, 0.5) is 0 Å². The van der Waals surface area contributed by atoms with Gasteiger partial charge in [-0.2, -0.15) is 0 Å². The predicted octanol–water partition coefficient (Wildman–Crippen LogP) is 3.60. The van der Waals surface area contributed by atoms with E-state index >= 15 is 0 Å². The number of aromatic nitrogens is 1. The van der Waals surface area contributed by atoms with Crippen molar-refractivity contribution in [2.45, 2.75) is 32.2 Å². The van der Waals surface area contributed by atoms with Gasteiger partial charge in [0.25, 0.3) is 0 Å². The molecule has 0 spiro atoms. The molecule has 100 valence electrons. The van der Waals surface area contributed by atoms with Gasteiger partial charge in [0.05, 0.1) is 5.01 Å². The van der Waals surface area contributed by atoms with Crippen molar-refractivity contribution in [2.75, 3.05) is 6.54 Å². The van der Waals surface area contributed by atoms with Gasteiger partial charge in [-0.1, -0.05) is 31.2 Å². The van der Waals surface area contributed by atoms with Crippen molar-refractivity contribution in [2.24, 2.45) is 5.92 Å². The number of hydrogen-bond donors (Lipinski definition) is 1. The van der Waals surface area contributed by atoms with Crippen LogP contribution in [0, 0.1) is 5.92 Å². The summed E-state index contributed by atoms with van der Waals surface area (Å²) in [4.78, 5) is 4.45. The lowest BCUT2D eigenvalue weighted by Crippen LogP contribution is -2.33. The summed E-state index contributed by atoms with van der Waals surface area (Å²) in [6.07, 6.45) is 5.48. The molecule has 19 heavy (non-hydrogen) atoms. The zero-order chi connectivity index (χ0) is 13.1. The average molecular weight is 272 g/mol. The van der Waals surface area contributed by atoms with Crippen LogP contribution in [0.1, 0.15) is 35.5 Å². The molecule has 0 amide bonds. The van der Waals surface area contributed by atoms with Gasteiger partial charge in [-0.3, -0.25) is 0 Å². The third-order valence-electron chi connectivity index (χ3n) is 3.99. The normalized spacial score (nSPS) is 22.2. The molecule has 0 saturated carbocycles. The van der Waals surface area contributed by atoms with Crippen LogP contribution in [-0.4, -0.2) is 11.5 Å². The summed E-state index contributed by atoms with van der Waals surface area (Å²) in [5, 5.41) is 7.03. The van der Waals surface area contributed by atoms with Crippen molar-refractivity contribution in [3.8, 4) is 0 Å². The van der Waals surface area contributed by atoms with Crippen LogP contribution >= 0.6 is 11.3 Å². The smallest absolute Gasteiger partial charge is 0.0928 e. The molecule has 1 aromatic carbocycles. The van der Waals surface area contributed by atoms with E-state index < -0.39 is 0 Å². The Kier molecular flexibility index (Phi) is 3.95. The SMILES string of the molecule is CCNC1c2ccccc2CCC1Cc1nccs1. The highest BCUT2D eigenvalue weighted by Gasteiger charge is 2.29. The summed E-state index contributed by atoms with van der Waals surface area (Å²) in [6, 6.07) is 9.37. The van der Waals surface area contributed by atoms with Crippen LogP contribution in [0.2, 0.25) is 0 Å². The van der Waals surface area contributed by atoms with Crippen molar-refractivity contribution < 1.29 is 0 Å². The highest BCUT2D eigenvalue weighted by Crippen LogP contribution is 2.36. The summed E-state index contributed by atoms with van der Waals surface area (Å²) in [5.74, 6) is 0.668. The van der Waals surface area contributed by atoms with Crippen molar-refractivity contribution in [3.05, 3.63) is 52.0 Å². The number of nitrogens with zero attached hydrogens (tertiary/aromatic N) is 1. The van der Waals surface area contributed by atoms with Gasteiger partial charge < -0.3 is 5.32 Å². The summed E-state index contributed by atoms with van der Waals surface area (Å²) < 4.78 is 0. The molecule has 2 aromatic rings. The maximum absolute atomic E-state index is 4.45. The number of rotatable bonds is 4. The van der Waals surface area contributed by atoms with E-state index in [4.69, 9.17) is 0 Å². The van der Waals surface area contributed by atoms with Gasteiger partial charge in [0.15, 0.2) is 0 Å². The fraction of sp³-hybridized carbons (Fsp3) is 0.438. The first-order chi connectivity index (χ1) is 9.38. The van der Waals surface area contributed by atoms with E-state index in [1.165, 1.54) is 29.0 Å². The first-order valence-corrected chi connectivity index (χ1v) is 7.96. The molecule has 1 aliphatic carbocycles. The second-order valence-corrected chi connectivity index (χ2v) is 6.14. The minimum atomic E-state index is 0.485. The molecule has 3 heteroatoms. The minimum Gasteiger partial charge on any atom is -0.310 e. The summed E-state index contributed by atoms with van der Waals surface area (Å²) in [7, 11) is 0. The molecule has 0 saturated heterocycles. The number of hydrogen-bond acceptors (Lipinski definition) is 3. The molecule has 1 heterocycles. The molecule has 0 fully saturated rings. The standard InChI is InChI=1S/C16H20N2S/c1-2-17-16-13(11-15-18-9-10-19-15)8-7-12-5-3-4-6-14(12)16/h3-6,9-10,13,16-17H,2,7-8,11H2,1H3. The quantitative estimate of drug-likeness (QED) is 0.920. The van der Waals surface area contributed by atoms with Crippen LogP contribution in [0.15, 0.2) is 35.8 Å². The van der Waals surface area contributed by atoms with Crippen molar-refractivity contribution >= 4 is 11.3 Å². The molecule has 1 aliphatic rings. The first-order valence-electron chi connectivity index (χ1n) is 7.08. The molecule has 1 N–H and O–H groups in total. The highest BCUT2D eigenvalue weighted by atomic mass is 32.1. The average Bonchev–Trinajstić information content (AvgIpc) is 2.94. The van der Waals surface area contributed by atoms with E-state index in [1.54, 1.807) is 11.3 Å². The molecule has 0 bridgehead atoms. The minimum absolute atomic E-state index is 0.485. The zero-order valence-electron chi connectivity index (χ0n) is 11.3. The molecule has 2 nitrogen and oxygen atoms in total. The summed E-state index contributed by atoms with van der Waals surface area (Å²) in [5.41, 5.74) is 3.01. The Bertz CT molecular complexity index is 521. The van der Waals surface area contributed by atoms with Gasteiger partial charge in [-0.15, -0.1) is 11.3 Å². The second kappa shape index (κ2) is 5.85. The molecule has 2 atom stereocenters. The lowest BCUT2D eigenvalue weighted by molar-refractivity contribution is 0.323.